The van der Waals surface area contributed by atoms with Crippen LogP contribution in [0.3, 0.4) is 0 Å². The molecule has 1 aliphatic heterocycles. The van der Waals surface area contributed by atoms with Crippen LogP contribution in [-0.4, -0.2) is 18.2 Å². The van der Waals surface area contributed by atoms with Crippen LogP contribution in [0.1, 0.15) is 35.2 Å². The summed E-state index contributed by atoms with van der Waals surface area (Å²) in [5.41, 5.74) is 2.18. The van der Waals surface area contributed by atoms with Crippen molar-refractivity contribution < 1.29 is 9.59 Å². The smallest absolute Gasteiger partial charge is 0.299 e. The number of hydrogen-bond donors (Lipinski definition) is 0. The molecule has 1 heterocycles. The third kappa shape index (κ3) is 2.12. The minimum Gasteiger partial charge on any atom is -0.305 e. The maximum Gasteiger partial charge on any atom is 0.299 e. The Morgan fingerprint density at radius 2 is 2.06 bits per heavy atom. The van der Waals surface area contributed by atoms with E-state index in [1.165, 1.54) is 4.90 Å². The molecule has 1 amide bonds. The van der Waals surface area contributed by atoms with Gasteiger partial charge >= 0.3 is 0 Å². The molecule has 4 nitrogen and oxygen atoms in total. The molecular formula is C14H14N2O2. The number of rotatable bonds is 4. The summed E-state index contributed by atoms with van der Waals surface area (Å²) in [5.74, 6) is -0.874. The van der Waals surface area contributed by atoms with Gasteiger partial charge in [0, 0.05) is 13.0 Å². The molecule has 0 unspecified atom stereocenters. The number of aryl methyl sites for hydroxylation is 1. The van der Waals surface area contributed by atoms with E-state index in [0.29, 0.717) is 24.2 Å². The highest BCUT2D eigenvalue weighted by Crippen LogP contribution is 2.29. The lowest BCUT2D eigenvalue weighted by molar-refractivity contribution is -0.114. The van der Waals surface area contributed by atoms with Crippen LogP contribution in [0.5, 0.6) is 0 Å². The molecule has 0 fully saturated rings. The molecule has 0 aliphatic carbocycles. The molecule has 2 rings (SSSR count). The van der Waals surface area contributed by atoms with Crippen molar-refractivity contribution in [1.29, 1.82) is 5.26 Å². The Kier molecular flexibility index (Phi) is 3.42. The van der Waals surface area contributed by atoms with Crippen molar-refractivity contribution in [1.82, 2.24) is 0 Å². The summed E-state index contributed by atoms with van der Waals surface area (Å²) in [6.45, 7) is 2.40. The van der Waals surface area contributed by atoms with E-state index in [2.05, 4.69) is 6.07 Å². The Labute approximate surface area is 106 Å². The molecule has 0 saturated heterocycles. The Hall–Kier alpha value is -2.15. The lowest BCUT2D eigenvalue weighted by Gasteiger charge is -2.15. The van der Waals surface area contributed by atoms with Gasteiger partial charge in [-0.05, 0) is 31.9 Å². The number of carbonyl (C=O) groups excluding carboxylic acids is 2. The number of benzene rings is 1. The molecule has 1 aliphatic rings. The highest BCUT2D eigenvalue weighted by Gasteiger charge is 2.35. The summed E-state index contributed by atoms with van der Waals surface area (Å²) in [6.07, 6.45) is 1.96. The molecule has 0 atom stereocenters. The van der Waals surface area contributed by atoms with Gasteiger partial charge in [-0.25, -0.2) is 0 Å². The summed E-state index contributed by atoms with van der Waals surface area (Å²) in [6, 6.07) is 7.54. The van der Waals surface area contributed by atoms with Crippen molar-refractivity contribution in [3.05, 3.63) is 29.3 Å². The van der Waals surface area contributed by atoms with Crippen LogP contribution in [0.15, 0.2) is 18.2 Å². The van der Waals surface area contributed by atoms with Crippen LogP contribution in [-0.2, 0) is 4.79 Å². The topological polar surface area (TPSA) is 61.2 Å². The van der Waals surface area contributed by atoms with Gasteiger partial charge in [0.2, 0.25) is 0 Å². The molecule has 0 spiro atoms. The zero-order chi connectivity index (χ0) is 13.1. The third-order valence-corrected chi connectivity index (χ3v) is 3.05. The number of unbranched alkanes of at least 4 members (excludes halogenated alkanes) is 2. The van der Waals surface area contributed by atoms with Crippen molar-refractivity contribution in [2.45, 2.75) is 26.2 Å². The number of Topliss-reactive ketones (excluding diaryl/α,β-unsaturated/α-hetero) is 1. The van der Waals surface area contributed by atoms with Gasteiger partial charge in [0.1, 0.15) is 0 Å². The molecule has 92 valence electrons. The fourth-order valence-electron chi connectivity index (χ4n) is 2.11. The average Bonchev–Trinajstić information content (AvgIpc) is 2.59. The summed E-state index contributed by atoms with van der Waals surface area (Å²) in [4.78, 5) is 25.2. The van der Waals surface area contributed by atoms with Gasteiger partial charge in [-0.3, -0.25) is 9.59 Å². The molecular weight excluding hydrogens is 228 g/mol. The number of carbonyl (C=O) groups is 2. The van der Waals surface area contributed by atoms with Crippen LogP contribution in [0.2, 0.25) is 0 Å². The van der Waals surface area contributed by atoms with E-state index < -0.39 is 11.7 Å². The van der Waals surface area contributed by atoms with E-state index in [1.807, 2.05) is 19.1 Å². The first-order chi connectivity index (χ1) is 8.65. The lowest BCUT2D eigenvalue weighted by Crippen LogP contribution is -2.30. The third-order valence-electron chi connectivity index (χ3n) is 3.05. The molecule has 0 radical (unpaired) electrons. The van der Waals surface area contributed by atoms with Crippen LogP contribution in [0.4, 0.5) is 5.69 Å². The average molecular weight is 242 g/mol. The summed E-state index contributed by atoms with van der Waals surface area (Å²) < 4.78 is 0. The predicted octanol–water partition coefficient (Wildman–Crippen LogP) is 2.22. The van der Waals surface area contributed by atoms with Crippen molar-refractivity contribution in [3.63, 3.8) is 0 Å². The van der Waals surface area contributed by atoms with Gasteiger partial charge in [0.15, 0.2) is 0 Å². The fraction of sp³-hybridized carbons (Fsp3) is 0.357. The second kappa shape index (κ2) is 5.01. The zero-order valence-corrected chi connectivity index (χ0v) is 10.3. The van der Waals surface area contributed by atoms with Crippen molar-refractivity contribution in [2.24, 2.45) is 0 Å². The Balaban J connectivity index is 2.16. The number of fused-ring (bicyclic) bond motifs is 1. The monoisotopic (exact) mass is 242 g/mol. The van der Waals surface area contributed by atoms with Gasteiger partial charge in [-0.15, -0.1) is 0 Å². The van der Waals surface area contributed by atoms with Crippen LogP contribution in [0.25, 0.3) is 0 Å². The minimum absolute atomic E-state index is 0.422. The van der Waals surface area contributed by atoms with Gasteiger partial charge in [0.05, 0.1) is 17.3 Å². The Morgan fingerprint density at radius 3 is 2.78 bits per heavy atom. The quantitative estimate of drug-likeness (QED) is 0.600. The number of anilines is 1. The standard InChI is InChI=1S/C14H14N2O2/c1-10-5-6-12-11(9-10)13(17)14(18)16(12)8-4-2-3-7-15/h5-6,9H,2-4,8H2,1H3. The molecule has 1 aromatic carbocycles. The Morgan fingerprint density at radius 1 is 1.28 bits per heavy atom. The second-order valence-electron chi connectivity index (χ2n) is 4.42. The maximum atomic E-state index is 11.8. The first-order valence-corrected chi connectivity index (χ1v) is 5.99. The molecule has 0 bridgehead atoms. The molecule has 0 aromatic heterocycles. The summed E-state index contributed by atoms with van der Waals surface area (Å²) >= 11 is 0. The van der Waals surface area contributed by atoms with Gasteiger partial charge in [0.25, 0.3) is 11.7 Å². The number of nitriles is 1. The normalized spacial score (nSPS) is 13.7. The summed E-state index contributed by atoms with van der Waals surface area (Å²) in [7, 11) is 0. The highest BCUT2D eigenvalue weighted by molar-refractivity contribution is 6.52. The molecule has 0 saturated carbocycles. The fourth-order valence-corrected chi connectivity index (χ4v) is 2.11. The maximum absolute atomic E-state index is 11.8. The zero-order valence-electron chi connectivity index (χ0n) is 10.3. The van der Waals surface area contributed by atoms with Gasteiger partial charge in [-0.1, -0.05) is 11.6 Å². The van der Waals surface area contributed by atoms with Crippen molar-refractivity contribution in [3.8, 4) is 6.07 Å². The van der Waals surface area contributed by atoms with E-state index >= 15 is 0 Å². The molecule has 4 heteroatoms. The minimum atomic E-state index is -0.451. The van der Waals surface area contributed by atoms with Crippen LogP contribution < -0.4 is 4.90 Å². The van der Waals surface area contributed by atoms with Gasteiger partial charge in [-0.2, -0.15) is 5.26 Å². The van der Waals surface area contributed by atoms with Crippen molar-refractivity contribution >= 4 is 17.4 Å². The number of nitrogens with zero attached hydrogens (tertiary/aromatic N) is 2. The van der Waals surface area contributed by atoms with E-state index in [4.69, 9.17) is 5.26 Å². The van der Waals surface area contributed by atoms with Gasteiger partial charge < -0.3 is 4.90 Å². The van der Waals surface area contributed by atoms with E-state index in [0.717, 1.165) is 18.4 Å². The van der Waals surface area contributed by atoms with E-state index in [-0.39, 0.29) is 0 Å². The Bertz CT molecular complexity index is 543. The first-order valence-electron chi connectivity index (χ1n) is 5.99. The number of hydrogen-bond acceptors (Lipinski definition) is 3. The molecule has 0 N–H and O–H groups in total. The first kappa shape index (κ1) is 12.3. The van der Waals surface area contributed by atoms with E-state index in [1.54, 1.807) is 6.07 Å². The highest BCUT2D eigenvalue weighted by atomic mass is 16.2. The van der Waals surface area contributed by atoms with Crippen LogP contribution in [0, 0.1) is 18.3 Å². The number of amides is 1. The molecule has 1 aromatic rings. The predicted molar refractivity (Wildman–Crippen MR) is 67.3 cm³/mol. The summed E-state index contributed by atoms with van der Waals surface area (Å²) in [5, 5.41) is 8.46. The lowest BCUT2D eigenvalue weighted by atomic mass is 10.1. The van der Waals surface area contributed by atoms with Crippen molar-refractivity contribution in [2.75, 3.05) is 11.4 Å². The second-order valence-corrected chi connectivity index (χ2v) is 4.42. The molecule has 18 heavy (non-hydrogen) atoms. The number of ketones is 1. The van der Waals surface area contributed by atoms with Crippen LogP contribution >= 0.6 is 0 Å². The van der Waals surface area contributed by atoms with E-state index in [9.17, 15) is 9.59 Å². The SMILES string of the molecule is Cc1ccc2c(c1)C(=O)C(=O)N2CCCCC#N. The largest absolute Gasteiger partial charge is 0.305 e.